The van der Waals surface area contributed by atoms with Crippen molar-refractivity contribution >= 4 is 15.5 Å². The molecule has 0 amide bonds. The molecule has 1 aromatic carbocycles. The molecule has 102 valence electrons. The number of rotatable bonds is 2. The van der Waals surface area contributed by atoms with E-state index < -0.39 is 14.8 Å². The summed E-state index contributed by atoms with van der Waals surface area (Å²) in [6.07, 6.45) is 1.85. The maximum atomic E-state index is 12.5. The first-order valence-electron chi connectivity index (χ1n) is 6.17. The van der Waals surface area contributed by atoms with Crippen LogP contribution in [0.3, 0.4) is 0 Å². The highest BCUT2D eigenvalue weighted by Crippen LogP contribution is 2.45. The lowest BCUT2D eigenvalue weighted by atomic mass is 10.1. The van der Waals surface area contributed by atoms with E-state index >= 15 is 0 Å². The number of ether oxygens (including phenoxy) is 1. The molecule has 1 aromatic rings. The van der Waals surface area contributed by atoms with Crippen molar-refractivity contribution in [3.05, 3.63) is 23.8 Å². The molecule has 0 atom stereocenters. The van der Waals surface area contributed by atoms with E-state index in [0.29, 0.717) is 17.0 Å². The highest BCUT2D eigenvalue weighted by molar-refractivity contribution is 7.93. The van der Waals surface area contributed by atoms with Crippen molar-refractivity contribution in [3.8, 4) is 5.75 Å². The molecule has 6 heteroatoms. The molecule has 19 heavy (non-hydrogen) atoms. The number of sulfone groups is 1. The van der Waals surface area contributed by atoms with Gasteiger partial charge in [-0.15, -0.1) is 0 Å². The van der Waals surface area contributed by atoms with Crippen LogP contribution < -0.4 is 4.74 Å². The third-order valence-electron chi connectivity index (χ3n) is 3.60. The fourth-order valence-electron chi connectivity index (χ4n) is 2.35. The Hall–Kier alpha value is -1.56. The Balaban J connectivity index is 2.25. The normalized spacial score (nSPS) is 23.8. The number of hydrogen-bond acceptors (Lipinski definition) is 5. The van der Waals surface area contributed by atoms with Crippen LogP contribution in [0.1, 0.15) is 32.3 Å². The predicted molar refractivity (Wildman–Crippen MR) is 69.4 cm³/mol. The van der Waals surface area contributed by atoms with Crippen LogP contribution in [0.25, 0.3) is 0 Å². The summed E-state index contributed by atoms with van der Waals surface area (Å²) in [4.78, 5) is -1.13. The van der Waals surface area contributed by atoms with E-state index in [0.717, 1.165) is 12.8 Å². The first-order valence-corrected chi connectivity index (χ1v) is 7.66. The predicted octanol–water partition coefficient (Wildman–Crippen LogP) is 2.18. The average molecular weight is 281 g/mol. The minimum Gasteiger partial charge on any atom is -0.470 e. The zero-order valence-corrected chi connectivity index (χ0v) is 11.6. The van der Waals surface area contributed by atoms with E-state index in [-0.39, 0.29) is 10.8 Å². The van der Waals surface area contributed by atoms with E-state index in [1.54, 1.807) is 18.2 Å². The van der Waals surface area contributed by atoms with E-state index in [9.17, 15) is 13.6 Å². The minimum atomic E-state index is -3.59. The first-order chi connectivity index (χ1) is 8.88. The summed E-state index contributed by atoms with van der Waals surface area (Å²) in [6.45, 7) is 3.05. The molecule has 1 N–H and O–H groups in total. The van der Waals surface area contributed by atoms with Crippen LogP contribution >= 0.6 is 0 Å². The Kier molecular flexibility index (Phi) is 2.44. The quantitative estimate of drug-likeness (QED) is 0.512. The summed E-state index contributed by atoms with van der Waals surface area (Å²) in [5.74, 6) is 0.486. The van der Waals surface area contributed by atoms with E-state index in [1.165, 1.54) is 13.8 Å². The molecular formula is C13H15NO4S. The summed E-state index contributed by atoms with van der Waals surface area (Å²) >= 11 is 0. The highest BCUT2D eigenvalue weighted by atomic mass is 32.2. The average Bonchev–Trinajstić information content (AvgIpc) is 3.10. The van der Waals surface area contributed by atoms with E-state index in [1.807, 2.05) is 0 Å². The molecule has 0 saturated heterocycles. The number of hydrogen-bond donors (Lipinski definition) is 1. The molecule has 0 aromatic heterocycles. The topological polar surface area (TPSA) is 76.0 Å². The van der Waals surface area contributed by atoms with Crippen LogP contribution in [-0.2, 0) is 9.84 Å². The molecule has 3 rings (SSSR count). The van der Waals surface area contributed by atoms with Crippen molar-refractivity contribution in [2.75, 3.05) is 0 Å². The van der Waals surface area contributed by atoms with Gasteiger partial charge in [0.25, 0.3) is 0 Å². The zero-order chi connectivity index (χ0) is 13.8. The number of nitrogens with zero attached hydrogens (tertiary/aromatic N) is 1. The number of fused-ring (bicyclic) bond motifs is 1. The summed E-state index contributed by atoms with van der Waals surface area (Å²) in [7, 11) is -3.59. The van der Waals surface area contributed by atoms with E-state index in [4.69, 9.17) is 4.74 Å². The molecule has 2 aliphatic rings. The summed E-state index contributed by atoms with van der Waals surface area (Å²) < 4.78 is 30.6. The highest BCUT2D eigenvalue weighted by Gasteiger charge is 2.49. The fourth-order valence-corrected chi connectivity index (χ4v) is 3.88. The Bertz CT molecular complexity index is 672. The lowest BCUT2D eigenvalue weighted by Gasteiger charge is -2.16. The molecule has 1 heterocycles. The van der Waals surface area contributed by atoms with E-state index in [2.05, 4.69) is 5.16 Å². The van der Waals surface area contributed by atoms with Gasteiger partial charge < -0.3 is 9.94 Å². The third-order valence-corrected chi connectivity index (χ3v) is 5.93. The third kappa shape index (κ3) is 1.66. The second kappa shape index (κ2) is 3.72. The van der Waals surface area contributed by atoms with Crippen LogP contribution in [0.2, 0.25) is 0 Å². The van der Waals surface area contributed by atoms with Gasteiger partial charge in [0.05, 0.1) is 5.71 Å². The van der Waals surface area contributed by atoms with Crippen molar-refractivity contribution in [2.45, 2.75) is 36.5 Å². The van der Waals surface area contributed by atoms with Gasteiger partial charge in [-0.3, -0.25) is 0 Å². The van der Waals surface area contributed by atoms with Crippen LogP contribution in [0, 0.1) is 5.92 Å². The molecule has 1 aliphatic heterocycles. The molecule has 1 saturated carbocycles. The van der Waals surface area contributed by atoms with Crippen LogP contribution in [0.15, 0.2) is 28.3 Å². The van der Waals surface area contributed by atoms with Crippen molar-refractivity contribution in [1.29, 1.82) is 0 Å². The first kappa shape index (κ1) is 12.5. The molecule has 1 aliphatic carbocycles. The summed E-state index contributed by atoms with van der Waals surface area (Å²) in [5, 5.41) is 12.5. The SMILES string of the molecule is CC1(C)Oc2cccc(/C(=N/O)C3CC3)c2S1(=O)=O. The Labute approximate surface area is 111 Å². The lowest BCUT2D eigenvalue weighted by molar-refractivity contribution is 0.204. The van der Waals surface area contributed by atoms with Crippen LogP contribution in [0.5, 0.6) is 5.75 Å². The van der Waals surface area contributed by atoms with Gasteiger partial charge in [0.1, 0.15) is 10.6 Å². The summed E-state index contributed by atoms with van der Waals surface area (Å²) in [5.41, 5.74) is 0.912. The maximum Gasteiger partial charge on any atom is 0.222 e. The molecule has 0 unspecified atom stereocenters. The van der Waals surface area contributed by atoms with Crippen LogP contribution in [0.4, 0.5) is 0 Å². The molecule has 0 spiro atoms. The van der Waals surface area contributed by atoms with Gasteiger partial charge in [0.2, 0.25) is 14.8 Å². The van der Waals surface area contributed by atoms with Gasteiger partial charge in [0, 0.05) is 11.5 Å². The summed E-state index contributed by atoms with van der Waals surface area (Å²) in [6, 6.07) is 5.03. The molecule has 5 nitrogen and oxygen atoms in total. The number of oxime groups is 1. The zero-order valence-electron chi connectivity index (χ0n) is 10.8. The number of benzene rings is 1. The van der Waals surface area contributed by atoms with Crippen molar-refractivity contribution < 1.29 is 18.4 Å². The van der Waals surface area contributed by atoms with Crippen LogP contribution in [-0.4, -0.2) is 24.3 Å². The van der Waals surface area contributed by atoms with Crippen molar-refractivity contribution in [3.63, 3.8) is 0 Å². The fraction of sp³-hybridized carbons (Fsp3) is 0.462. The van der Waals surface area contributed by atoms with Gasteiger partial charge in [-0.05, 0) is 32.8 Å². The molecule has 0 radical (unpaired) electrons. The van der Waals surface area contributed by atoms with Crippen molar-refractivity contribution in [1.82, 2.24) is 0 Å². The van der Waals surface area contributed by atoms with Gasteiger partial charge in [0.15, 0.2) is 0 Å². The minimum absolute atomic E-state index is 0.149. The van der Waals surface area contributed by atoms with Gasteiger partial charge in [-0.2, -0.15) is 0 Å². The second-order valence-corrected chi connectivity index (χ2v) is 7.80. The molecular weight excluding hydrogens is 266 g/mol. The van der Waals surface area contributed by atoms with Gasteiger partial charge in [-0.1, -0.05) is 17.3 Å². The Morgan fingerprint density at radius 2 is 2.11 bits per heavy atom. The molecule has 1 fully saturated rings. The smallest absolute Gasteiger partial charge is 0.222 e. The second-order valence-electron chi connectivity index (χ2n) is 5.40. The Morgan fingerprint density at radius 3 is 2.68 bits per heavy atom. The monoisotopic (exact) mass is 281 g/mol. The Morgan fingerprint density at radius 1 is 1.42 bits per heavy atom. The van der Waals surface area contributed by atoms with Gasteiger partial charge in [-0.25, -0.2) is 8.42 Å². The van der Waals surface area contributed by atoms with Gasteiger partial charge >= 0.3 is 0 Å². The maximum absolute atomic E-state index is 12.5. The molecule has 0 bridgehead atoms. The lowest BCUT2D eigenvalue weighted by Crippen LogP contribution is -2.32. The largest absolute Gasteiger partial charge is 0.470 e. The standard InChI is InChI=1S/C13H15NO4S/c1-13(2)18-10-5-3-4-9(12(10)19(13,16)17)11(14-15)8-6-7-8/h3-5,8,15H,6-7H2,1-2H3/b14-11+. The van der Waals surface area contributed by atoms with Crippen molar-refractivity contribution in [2.24, 2.45) is 11.1 Å².